The monoisotopic (exact) mass is 366 g/mol. The van der Waals surface area contributed by atoms with Gasteiger partial charge in [-0.05, 0) is 44.4 Å². The van der Waals surface area contributed by atoms with Crippen molar-refractivity contribution in [2.75, 3.05) is 12.9 Å². The molecule has 0 saturated heterocycles. The molecule has 0 spiro atoms. The molecule has 7 nitrogen and oxygen atoms in total. The van der Waals surface area contributed by atoms with Crippen molar-refractivity contribution in [3.8, 4) is 11.8 Å². The van der Waals surface area contributed by atoms with Gasteiger partial charge < -0.3 is 15.5 Å². The Morgan fingerprint density at radius 2 is 1.88 bits per heavy atom. The minimum absolute atomic E-state index is 0.320. The van der Waals surface area contributed by atoms with Gasteiger partial charge in [-0.25, -0.2) is 5.48 Å². The van der Waals surface area contributed by atoms with Gasteiger partial charge in [-0.3, -0.25) is 14.8 Å². The minimum atomic E-state index is -1.12. The maximum absolute atomic E-state index is 12.4. The molecule has 1 rings (SSSR count). The summed E-state index contributed by atoms with van der Waals surface area (Å²) in [6.45, 7) is 3.11. The summed E-state index contributed by atoms with van der Waals surface area (Å²) in [4.78, 5) is 24.2. The van der Waals surface area contributed by atoms with Crippen LogP contribution in [0.1, 0.15) is 29.8 Å². The molecule has 5 N–H and O–H groups in total. The molecule has 0 bridgehead atoms. The summed E-state index contributed by atoms with van der Waals surface area (Å²) in [5.74, 6) is 3.95. The number of benzene rings is 1. The summed E-state index contributed by atoms with van der Waals surface area (Å²) >= 11 is 1.38. The first kappa shape index (κ1) is 21.0. The van der Waals surface area contributed by atoms with E-state index in [0.29, 0.717) is 11.1 Å². The molecular weight excluding hydrogens is 344 g/mol. The molecule has 1 unspecified atom stereocenters. The zero-order chi connectivity index (χ0) is 19.0. The summed E-state index contributed by atoms with van der Waals surface area (Å²) in [7, 11) is 0. The van der Waals surface area contributed by atoms with Gasteiger partial charge in [0, 0.05) is 15.9 Å². The molecule has 0 heterocycles. The van der Waals surface area contributed by atoms with Crippen LogP contribution in [0.3, 0.4) is 0 Å². The van der Waals surface area contributed by atoms with Gasteiger partial charge in [0.15, 0.2) is 0 Å². The second-order valence-corrected chi connectivity index (χ2v) is 7.20. The Morgan fingerprint density at radius 1 is 1.28 bits per heavy atom. The molecule has 0 aliphatic heterocycles. The summed E-state index contributed by atoms with van der Waals surface area (Å²) in [6, 6.07) is 5.31. The van der Waals surface area contributed by atoms with Crippen LogP contribution in [0.5, 0.6) is 0 Å². The Bertz CT molecular complexity index is 664. The van der Waals surface area contributed by atoms with Crippen LogP contribution in [-0.2, 0) is 4.79 Å². The van der Waals surface area contributed by atoms with Crippen LogP contribution in [0.15, 0.2) is 24.3 Å². The lowest BCUT2D eigenvalue weighted by Gasteiger charge is -2.31. The van der Waals surface area contributed by atoms with Crippen LogP contribution in [0.2, 0.25) is 0 Å². The number of amides is 2. The minimum Gasteiger partial charge on any atom is -0.393 e. The lowest BCUT2D eigenvalue weighted by molar-refractivity contribution is -0.131. The lowest BCUT2D eigenvalue weighted by atomic mass is 10.0. The first-order valence-electron chi connectivity index (χ1n) is 7.45. The number of aliphatic hydroxyl groups excluding tert-OH is 2. The average Bonchev–Trinajstić information content (AvgIpc) is 2.63. The maximum atomic E-state index is 12.4. The van der Waals surface area contributed by atoms with E-state index in [-0.39, 0.29) is 0 Å². The Morgan fingerprint density at radius 3 is 2.36 bits per heavy atom. The summed E-state index contributed by atoms with van der Waals surface area (Å²) in [5.41, 5.74) is 2.46. The van der Waals surface area contributed by atoms with Crippen LogP contribution < -0.4 is 10.8 Å². The van der Waals surface area contributed by atoms with E-state index in [9.17, 15) is 14.7 Å². The first-order chi connectivity index (χ1) is 11.7. The molecule has 25 heavy (non-hydrogen) atoms. The van der Waals surface area contributed by atoms with E-state index in [2.05, 4.69) is 17.2 Å². The molecular formula is C17H22N2O5S. The zero-order valence-corrected chi connectivity index (χ0v) is 15.1. The van der Waals surface area contributed by atoms with Crippen LogP contribution in [0.4, 0.5) is 0 Å². The SMILES string of the molecule is CSC(C)(C)[C@H](NC(=O)c1ccc(C#CC(O)CO)cc1)C(=O)NO. The fraction of sp³-hybridized carbons (Fsp3) is 0.412. The second-order valence-electron chi connectivity index (χ2n) is 5.74. The van der Waals surface area contributed by atoms with E-state index in [1.165, 1.54) is 23.9 Å². The maximum Gasteiger partial charge on any atom is 0.267 e. The van der Waals surface area contributed by atoms with Crippen molar-refractivity contribution in [2.24, 2.45) is 0 Å². The predicted molar refractivity (Wildman–Crippen MR) is 95.2 cm³/mol. The van der Waals surface area contributed by atoms with Gasteiger partial charge >= 0.3 is 0 Å². The van der Waals surface area contributed by atoms with Crippen molar-refractivity contribution < 1.29 is 25.0 Å². The van der Waals surface area contributed by atoms with E-state index >= 15 is 0 Å². The number of aliphatic hydroxyl groups is 2. The van der Waals surface area contributed by atoms with Gasteiger partial charge in [0.25, 0.3) is 11.8 Å². The highest BCUT2D eigenvalue weighted by molar-refractivity contribution is 8.00. The van der Waals surface area contributed by atoms with E-state index in [0.717, 1.165) is 0 Å². The number of rotatable bonds is 6. The van der Waals surface area contributed by atoms with Crippen molar-refractivity contribution in [3.05, 3.63) is 35.4 Å². The third kappa shape index (κ3) is 6.07. The number of hydrogen-bond donors (Lipinski definition) is 5. The number of carbonyl (C=O) groups excluding carboxylic acids is 2. The Kier molecular flexibility index (Phi) is 7.93. The van der Waals surface area contributed by atoms with E-state index in [1.807, 2.05) is 0 Å². The highest BCUT2D eigenvalue weighted by Crippen LogP contribution is 2.26. The highest BCUT2D eigenvalue weighted by Gasteiger charge is 2.36. The number of thioether (sulfide) groups is 1. The van der Waals surface area contributed by atoms with Gasteiger partial charge in [-0.15, -0.1) is 0 Å². The standard InChI is InChI=1S/C17H22N2O5S/c1-17(2,25-3)14(16(23)19-24)18-15(22)12-7-4-11(5-8-12)6-9-13(21)10-20/h4-5,7-8,13-14,20-21,24H,10H2,1-3H3,(H,18,22)(H,19,23)/t13?,14-/m1/s1. The zero-order valence-electron chi connectivity index (χ0n) is 14.2. The fourth-order valence-corrected chi connectivity index (χ4v) is 2.27. The molecule has 2 amide bonds. The van der Waals surface area contributed by atoms with E-state index in [4.69, 9.17) is 10.3 Å². The number of nitrogens with one attached hydrogen (secondary N) is 2. The molecule has 1 aromatic carbocycles. The molecule has 0 aromatic heterocycles. The predicted octanol–water partition coefficient (Wildman–Crippen LogP) is 0.137. The molecule has 0 saturated carbocycles. The van der Waals surface area contributed by atoms with Crippen molar-refractivity contribution in [1.82, 2.24) is 10.8 Å². The van der Waals surface area contributed by atoms with Gasteiger partial charge in [0.05, 0.1) is 6.61 Å². The number of carbonyl (C=O) groups is 2. The molecule has 1 aromatic rings. The van der Waals surface area contributed by atoms with Crippen LogP contribution >= 0.6 is 11.8 Å². The fourth-order valence-electron chi connectivity index (χ4n) is 1.87. The molecule has 0 fully saturated rings. The van der Waals surface area contributed by atoms with Gasteiger partial charge in [-0.2, -0.15) is 11.8 Å². The Labute approximate surface area is 150 Å². The smallest absolute Gasteiger partial charge is 0.267 e. The molecule has 0 aliphatic carbocycles. The third-order valence-electron chi connectivity index (χ3n) is 3.57. The van der Waals surface area contributed by atoms with Crippen molar-refractivity contribution in [1.29, 1.82) is 0 Å². The normalized spacial score (nSPS) is 13.2. The van der Waals surface area contributed by atoms with Crippen LogP contribution in [0, 0.1) is 11.8 Å². The topological polar surface area (TPSA) is 119 Å². The highest BCUT2D eigenvalue weighted by atomic mass is 32.2. The van der Waals surface area contributed by atoms with Crippen LogP contribution in [0.25, 0.3) is 0 Å². The van der Waals surface area contributed by atoms with E-state index in [1.54, 1.807) is 37.7 Å². The first-order valence-corrected chi connectivity index (χ1v) is 8.68. The number of hydrogen-bond acceptors (Lipinski definition) is 6. The molecule has 2 atom stereocenters. The summed E-state index contributed by atoms with van der Waals surface area (Å²) in [6.07, 6.45) is 0.687. The van der Waals surface area contributed by atoms with Crippen molar-refractivity contribution >= 4 is 23.6 Å². The van der Waals surface area contributed by atoms with Gasteiger partial charge in [0.1, 0.15) is 12.1 Å². The lowest BCUT2D eigenvalue weighted by Crippen LogP contribution is -2.55. The van der Waals surface area contributed by atoms with E-state index < -0.39 is 35.3 Å². The van der Waals surface area contributed by atoms with Crippen molar-refractivity contribution in [3.63, 3.8) is 0 Å². The third-order valence-corrected chi connectivity index (χ3v) is 4.86. The largest absolute Gasteiger partial charge is 0.393 e. The molecule has 136 valence electrons. The summed E-state index contributed by atoms with van der Waals surface area (Å²) < 4.78 is -0.631. The van der Waals surface area contributed by atoms with Gasteiger partial charge in [0.2, 0.25) is 0 Å². The molecule has 0 aliphatic rings. The molecule has 0 radical (unpaired) electrons. The van der Waals surface area contributed by atoms with Crippen molar-refractivity contribution in [2.45, 2.75) is 30.7 Å². The molecule has 8 heteroatoms. The second kappa shape index (κ2) is 9.44. The van der Waals surface area contributed by atoms with Crippen LogP contribution in [-0.4, -0.2) is 57.0 Å². The Balaban J connectivity index is 2.91. The quantitative estimate of drug-likeness (QED) is 0.278. The Hall–Kier alpha value is -2.05. The summed E-state index contributed by atoms with van der Waals surface area (Å²) in [5, 5.41) is 29.4. The van der Waals surface area contributed by atoms with Gasteiger partial charge in [-0.1, -0.05) is 11.8 Å². The number of hydroxylamine groups is 1. The average molecular weight is 366 g/mol.